The molecule has 0 N–H and O–H groups in total. The Bertz CT molecular complexity index is 724. The molecule has 0 aromatic heterocycles. The van der Waals surface area contributed by atoms with E-state index in [0.717, 1.165) is 12.1 Å². The van der Waals surface area contributed by atoms with Gasteiger partial charge in [0.2, 0.25) is 0 Å². The van der Waals surface area contributed by atoms with E-state index in [0.29, 0.717) is 18.3 Å². The molecule has 2 atom stereocenters. The first kappa shape index (κ1) is 16.4. The second-order valence-corrected chi connectivity index (χ2v) is 7.11. The van der Waals surface area contributed by atoms with Crippen molar-refractivity contribution in [3.05, 3.63) is 66.0 Å². The van der Waals surface area contributed by atoms with E-state index in [1.165, 1.54) is 12.1 Å². The largest absolute Gasteiger partial charge is 0.303 e. The first-order valence-corrected chi connectivity index (χ1v) is 8.55. The zero-order valence-electron chi connectivity index (χ0n) is 12.1. The van der Waals surface area contributed by atoms with E-state index in [2.05, 4.69) is 0 Å². The van der Waals surface area contributed by atoms with E-state index in [9.17, 15) is 17.6 Å². The Balaban J connectivity index is 2.57. The summed E-state index contributed by atoms with van der Waals surface area (Å²) in [4.78, 5) is 11.4. The summed E-state index contributed by atoms with van der Waals surface area (Å²) in [5, 5.41) is -0.971. The lowest BCUT2D eigenvalue weighted by molar-refractivity contribution is -0.111. The van der Waals surface area contributed by atoms with Gasteiger partial charge in [0, 0.05) is 5.92 Å². The van der Waals surface area contributed by atoms with E-state index < -0.39 is 26.8 Å². The van der Waals surface area contributed by atoms with Crippen LogP contribution >= 0.6 is 0 Å². The van der Waals surface area contributed by atoms with Crippen molar-refractivity contribution in [2.45, 2.75) is 23.5 Å². The topological polar surface area (TPSA) is 51.2 Å². The standard InChI is InChI=1S/C17H17FO3S/c1-2-13(12-19)17(14-6-4-3-5-7-14)22(20,21)16-10-8-15(18)9-11-16/h3-13,17H,2H2,1H3/t13-,17?/m0/s1. The molecule has 0 bridgehead atoms. The van der Waals surface area contributed by atoms with Crippen molar-refractivity contribution < 1.29 is 17.6 Å². The summed E-state index contributed by atoms with van der Waals surface area (Å²) in [6, 6.07) is 13.3. The highest BCUT2D eigenvalue weighted by atomic mass is 32.2. The molecule has 5 heteroatoms. The second kappa shape index (κ2) is 6.83. The molecule has 1 unspecified atom stereocenters. The van der Waals surface area contributed by atoms with Crippen molar-refractivity contribution >= 4 is 16.1 Å². The summed E-state index contributed by atoms with van der Waals surface area (Å²) in [5.74, 6) is -1.16. The first-order valence-electron chi connectivity index (χ1n) is 7.00. The maximum atomic E-state index is 13.0. The third-order valence-electron chi connectivity index (χ3n) is 3.64. The van der Waals surface area contributed by atoms with Gasteiger partial charge in [-0.15, -0.1) is 0 Å². The van der Waals surface area contributed by atoms with Crippen molar-refractivity contribution in [3.8, 4) is 0 Å². The van der Waals surface area contributed by atoms with Gasteiger partial charge in [0.15, 0.2) is 9.84 Å². The highest BCUT2D eigenvalue weighted by Crippen LogP contribution is 2.35. The molecular formula is C17H17FO3S. The van der Waals surface area contributed by atoms with Gasteiger partial charge in [0.1, 0.15) is 17.4 Å². The smallest absolute Gasteiger partial charge is 0.186 e. The molecule has 2 aromatic rings. The van der Waals surface area contributed by atoms with Gasteiger partial charge in [-0.25, -0.2) is 12.8 Å². The van der Waals surface area contributed by atoms with Crippen molar-refractivity contribution in [2.24, 2.45) is 5.92 Å². The second-order valence-electron chi connectivity index (χ2n) is 5.04. The molecule has 0 amide bonds. The first-order chi connectivity index (χ1) is 10.5. The molecule has 22 heavy (non-hydrogen) atoms. The molecule has 3 nitrogen and oxygen atoms in total. The lowest BCUT2D eigenvalue weighted by atomic mass is 9.98. The van der Waals surface area contributed by atoms with Gasteiger partial charge in [-0.1, -0.05) is 37.3 Å². The monoisotopic (exact) mass is 320 g/mol. The van der Waals surface area contributed by atoms with Crippen molar-refractivity contribution in [1.29, 1.82) is 0 Å². The van der Waals surface area contributed by atoms with E-state index in [4.69, 9.17) is 0 Å². The van der Waals surface area contributed by atoms with Crippen LogP contribution in [0.3, 0.4) is 0 Å². The van der Waals surface area contributed by atoms with Gasteiger partial charge in [0.05, 0.1) is 4.90 Å². The molecule has 0 heterocycles. The number of benzene rings is 2. The van der Waals surface area contributed by atoms with E-state index in [-0.39, 0.29) is 4.90 Å². The fraction of sp³-hybridized carbons (Fsp3) is 0.235. The van der Waals surface area contributed by atoms with Gasteiger partial charge in [-0.3, -0.25) is 0 Å². The fourth-order valence-corrected chi connectivity index (χ4v) is 4.49. The third kappa shape index (κ3) is 3.25. The lowest BCUT2D eigenvalue weighted by Crippen LogP contribution is -2.23. The summed E-state index contributed by atoms with van der Waals surface area (Å²) >= 11 is 0. The molecule has 0 aliphatic heterocycles. The minimum absolute atomic E-state index is 0.0167. The van der Waals surface area contributed by atoms with Crippen molar-refractivity contribution in [3.63, 3.8) is 0 Å². The molecule has 0 saturated carbocycles. The summed E-state index contributed by atoms with van der Waals surface area (Å²) < 4.78 is 38.9. The van der Waals surface area contributed by atoms with Crippen LogP contribution in [-0.2, 0) is 14.6 Å². The summed E-state index contributed by atoms with van der Waals surface area (Å²) in [7, 11) is -3.79. The zero-order valence-corrected chi connectivity index (χ0v) is 13.0. The van der Waals surface area contributed by atoms with Crippen LogP contribution in [0.1, 0.15) is 24.2 Å². The maximum absolute atomic E-state index is 13.0. The number of carbonyl (C=O) groups excluding carboxylic acids is 1. The van der Waals surface area contributed by atoms with Gasteiger partial charge in [-0.2, -0.15) is 0 Å². The third-order valence-corrected chi connectivity index (χ3v) is 5.86. The fourth-order valence-electron chi connectivity index (χ4n) is 2.45. The van der Waals surface area contributed by atoms with Crippen LogP contribution in [0.2, 0.25) is 0 Å². The molecule has 0 spiro atoms. The Hall–Kier alpha value is -2.01. The average Bonchev–Trinajstić information content (AvgIpc) is 2.53. The lowest BCUT2D eigenvalue weighted by Gasteiger charge is -2.22. The number of aldehydes is 1. The maximum Gasteiger partial charge on any atom is 0.186 e. The number of halogens is 1. The summed E-state index contributed by atoms with van der Waals surface area (Å²) in [5.41, 5.74) is 0.561. The Morgan fingerprint density at radius 1 is 1.05 bits per heavy atom. The van der Waals surface area contributed by atoms with Crippen molar-refractivity contribution in [2.75, 3.05) is 0 Å². The van der Waals surface area contributed by atoms with Gasteiger partial charge >= 0.3 is 0 Å². The van der Waals surface area contributed by atoms with E-state index in [1.54, 1.807) is 37.3 Å². The van der Waals surface area contributed by atoms with Crippen LogP contribution in [0.15, 0.2) is 59.5 Å². The molecular weight excluding hydrogens is 303 g/mol. The Kier molecular flexibility index (Phi) is 5.08. The minimum atomic E-state index is -3.79. The number of rotatable bonds is 6. The Morgan fingerprint density at radius 3 is 2.14 bits per heavy atom. The quantitative estimate of drug-likeness (QED) is 0.604. The van der Waals surface area contributed by atoms with E-state index in [1.807, 2.05) is 0 Å². The molecule has 2 rings (SSSR count). The highest BCUT2D eigenvalue weighted by molar-refractivity contribution is 7.91. The molecule has 0 aliphatic carbocycles. The van der Waals surface area contributed by atoms with Crippen LogP contribution < -0.4 is 0 Å². The zero-order chi connectivity index (χ0) is 16.2. The van der Waals surface area contributed by atoms with E-state index >= 15 is 0 Å². The Labute approximate surface area is 129 Å². The highest BCUT2D eigenvalue weighted by Gasteiger charge is 2.35. The Morgan fingerprint density at radius 2 is 1.64 bits per heavy atom. The average molecular weight is 320 g/mol. The van der Waals surface area contributed by atoms with Gasteiger partial charge < -0.3 is 4.79 Å². The predicted octanol–water partition coefficient (Wildman–Crippen LogP) is 3.57. The number of carbonyl (C=O) groups is 1. The van der Waals surface area contributed by atoms with Crippen LogP contribution in [0.4, 0.5) is 4.39 Å². The number of hydrogen-bond acceptors (Lipinski definition) is 3. The molecule has 116 valence electrons. The van der Waals surface area contributed by atoms with Crippen LogP contribution in [0.5, 0.6) is 0 Å². The predicted molar refractivity (Wildman–Crippen MR) is 82.6 cm³/mol. The molecule has 2 aromatic carbocycles. The number of hydrogen-bond donors (Lipinski definition) is 0. The van der Waals surface area contributed by atoms with Gasteiger partial charge in [0.25, 0.3) is 0 Å². The minimum Gasteiger partial charge on any atom is -0.303 e. The summed E-state index contributed by atoms with van der Waals surface area (Å²) in [6.45, 7) is 1.77. The molecule has 0 saturated heterocycles. The SMILES string of the molecule is CC[C@@H](C=O)C(c1ccccc1)S(=O)(=O)c1ccc(F)cc1. The van der Waals surface area contributed by atoms with Crippen LogP contribution in [0.25, 0.3) is 0 Å². The number of sulfone groups is 1. The van der Waals surface area contributed by atoms with Gasteiger partial charge in [-0.05, 0) is 36.2 Å². The normalized spacial score (nSPS) is 14.3. The molecule has 0 aliphatic rings. The van der Waals surface area contributed by atoms with Crippen LogP contribution in [0, 0.1) is 11.7 Å². The van der Waals surface area contributed by atoms with Crippen LogP contribution in [-0.4, -0.2) is 14.7 Å². The summed E-state index contributed by atoms with van der Waals surface area (Å²) in [6.07, 6.45) is 1.09. The molecule has 0 radical (unpaired) electrons. The molecule has 0 fully saturated rings. The van der Waals surface area contributed by atoms with Crippen molar-refractivity contribution in [1.82, 2.24) is 0 Å².